The molecule has 0 radical (unpaired) electrons. The van der Waals surface area contributed by atoms with Gasteiger partial charge < -0.3 is 10.3 Å². The lowest BCUT2D eigenvalue weighted by Crippen LogP contribution is -2.47. The topological polar surface area (TPSA) is 66.1 Å². The van der Waals surface area contributed by atoms with Gasteiger partial charge in [0, 0.05) is 17.2 Å². The summed E-state index contributed by atoms with van der Waals surface area (Å²) in [5.41, 5.74) is 6.06. The van der Waals surface area contributed by atoms with Crippen LogP contribution in [-0.4, -0.2) is 20.6 Å². The molecule has 4 atom stereocenters. The summed E-state index contributed by atoms with van der Waals surface area (Å²) < 4.78 is 21.8. The van der Waals surface area contributed by atoms with Crippen molar-refractivity contribution in [2.75, 3.05) is 5.75 Å². The molecule has 0 spiro atoms. The van der Waals surface area contributed by atoms with E-state index in [1.807, 2.05) is 0 Å². The van der Waals surface area contributed by atoms with Gasteiger partial charge in [0.1, 0.15) is 0 Å². The van der Waals surface area contributed by atoms with E-state index in [9.17, 15) is 8.76 Å². The van der Waals surface area contributed by atoms with Crippen molar-refractivity contribution in [3.8, 4) is 0 Å². The van der Waals surface area contributed by atoms with Gasteiger partial charge in [0.05, 0.1) is 0 Å². The van der Waals surface area contributed by atoms with Crippen LogP contribution in [-0.2, 0) is 11.1 Å². The van der Waals surface area contributed by atoms with E-state index in [2.05, 4.69) is 13.8 Å². The Hall–Kier alpha value is 0.0700. The zero-order chi connectivity index (χ0) is 10.6. The first-order valence-electron chi connectivity index (χ1n) is 5.21. The summed E-state index contributed by atoms with van der Waals surface area (Å²) in [6, 6.07) is 0.0779. The molecule has 2 N–H and O–H groups in total. The van der Waals surface area contributed by atoms with Crippen LogP contribution in [0, 0.1) is 16.7 Å². The summed E-state index contributed by atoms with van der Waals surface area (Å²) in [7, 11) is 0. The zero-order valence-electron chi connectivity index (χ0n) is 8.79. The molecule has 2 aliphatic carbocycles. The van der Waals surface area contributed by atoms with Gasteiger partial charge in [-0.15, -0.1) is 0 Å². The number of fused-ring (bicyclic) bond motifs is 2. The second kappa shape index (κ2) is 3.03. The third-order valence-electron chi connectivity index (χ3n) is 4.87. The number of rotatable bonds is 2. The van der Waals surface area contributed by atoms with Crippen LogP contribution in [0.5, 0.6) is 0 Å². The van der Waals surface area contributed by atoms with E-state index in [0.29, 0.717) is 5.92 Å². The lowest BCUT2D eigenvalue weighted by atomic mass is 9.69. The molecule has 0 aliphatic heterocycles. The Balaban J connectivity index is 2.34. The van der Waals surface area contributed by atoms with Crippen LogP contribution in [0.2, 0.25) is 0 Å². The van der Waals surface area contributed by atoms with Crippen LogP contribution in [0.15, 0.2) is 0 Å². The molecule has 82 valence electrons. The van der Waals surface area contributed by atoms with Gasteiger partial charge in [-0.3, -0.25) is 4.21 Å². The molecule has 4 heteroatoms. The van der Waals surface area contributed by atoms with Gasteiger partial charge in [-0.05, 0) is 30.6 Å². The van der Waals surface area contributed by atoms with E-state index >= 15 is 0 Å². The average Bonchev–Trinajstić information content (AvgIpc) is 2.36. The van der Waals surface area contributed by atoms with E-state index in [0.717, 1.165) is 19.3 Å². The van der Waals surface area contributed by atoms with Crippen molar-refractivity contribution < 1.29 is 8.76 Å². The Morgan fingerprint density at radius 1 is 1.57 bits per heavy atom. The fourth-order valence-corrected chi connectivity index (χ4v) is 4.86. The molecular weight excluding hydrogens is 198 g/mol. The van der Waals surface area contributed by atoms with Crippen molar-refractivity contribution in [2.24, 2.45) is 22.5 Å². The van der Waals surface area contributed by atoms with Crippen molar-refractivity contribution in [2.45, 2.75) is 39.2 Å². The van der Waals surface area contributed by atoms with Gasteiger partial charge in [0.2, 0.25) is 0 Å². The molecule has 0 saturated heterocycles. The molecule has 2 rings (SSSR count). The number of nitrogens with two attached hydrogens (primary N) is 1. The molecule has 0 heterocycles. The van der Waals surface area contributed by atoms with E-state index in [-0.39, 0.29) is 22.6 Å². The minimum Gasteiger partial charge on any atom is -0.772 e. The summed E-state index contributed by atoms with van der Waals surface area (Å²) in [5.74, 6) is 0.874. The summed E-state index contributed by atoms with van der Waals surface area (Å²) >= 11 is -1.97. The minimum atomic E-state index is -1.97. The summed E-state index contributed by atoms with van der Waals surface area (Å²) in [6.45, 7) is 4.37. The van der Waals surface area contributed by atoms with Crippen molar-refractivity contribution in [1.82, 2.24) is 0 Å². The smallest absolute Gasteiger partial charge is 0.0178 e. The molecule has 2 unspecified atom stereocenters. The molecule has 0 amide bonds. The lowest BCUT2D eigenvalue weighted by molar-refractivity contribution is 0.139. The third kappa shape index (κ3) is 1.14. The highest BCUT2D eigenvalue weighted by Gasteiger charge is 2.62. The van der Waals surface area contributed by atoms with Crippen molar-refractivity contribution >= 4 is 11.1 Å². The first kappa shape index (κ1) is 10.6. The number of hydrogen-bond donors (Lipinski definition) is 1. The van der Waals surface area contributed by atoms with Crippen molar-refractivity contribution in [1.29, 1.82) is 0 Å². The average molecular weight is 216 g/mol. The van der Waals surface area contributed by atoms with Gasteiger partial charge in [-0.2, -0.15) is 0 Å². The van der Waals surface area contributed by atoms with Crippen LogP contribution >= 0.6 is 0 Å². The molecule has 0 aromatic heterocycles. The van der Waals surface area contributed by atoms with E-state index in [1.165, 1.54) is 0 Å². The quantitative estimate of drug-likeness (QED) is 0.701. The SMILES string of the molecule is CC1(C)C2CC[C@@]1(CS(=O)[O-])[C@H](N)C2. The predicted octanol–water partition coefficient (Wildman–Crippen LogP) is 1.02. The molecule has 0 aromatic rings. The zero-order valence-corrected chi connectivity index (χ0v) is 9.60. The van der Waals surface area contributed by atoms with Gasteiger partial charge in [0.25, 0.3) is 0 Å². The Kier molecular flexibility index (Phi) is 2.29. The number of hydrogen-bond acceptors (Lipinski definition) is 3. The van der Waals surface area contributed by atoms with Gasteiger partial charge in [-0.25, -0.2) is 0 Å². The minimum absolute atomic E-state index is 0.0779. The summed E-state index contributed by atoms with van der Waals surface area (Å²) in [4.78, 5) is 0. The van der Waals surface area contributed by atoms with E-state index in [4.69, 9.17) is 5.73 Å². The summed E-state index contributed by atoms with van der Waals surface area (Å²) in [5, 5.41) is 0. The third-order valence-corrected chi connectivity index (χ3v) is 5.62. The molecule has 2 fully saturated rings. The highest BCUT2D eigenvalue weighted by Crippen LogP contribution is 2.65. The normalized spacial score (nSPS) is 46.9. The molecule has 2 saturated carbocycles. The van der Waals surface area contributed by atoms with E-state index < -0.39 is 11.1 Å². The van der Waals surface area contributed by atoms with E-state index in [1.54, 1.807) is 0 Å². The standard InChI is InChI=1S/C10H19NO2S/c1-9(2)7-3-4-10(9,6-14(12)13)8(11)5-7/h7-8H,3-6,11H2,1-2H3,(H,12,13)/p-1/t7?,8-,10-/m1/s1. The first-order chi connectivity index (χ1) is 6.40. The monoisotopic (exact) mass is 216 g/mol. The highest BCUT2D eigenvalue weighted by atomic mass is 32.2. The molecule has 3 nitrogen and oxygen atoms in total. The Bertz CT molecular complexity index is 279. The second-order valence-electron chi connectivity index (χ2n) is 5.40. The largest absolute Gasteiger partial charge is 0.772 e. The van der Waals surface area contributed by atoms with Crippen LogP contribution in [0.4, 0.5) is 0 Å². The van der Waals surface area contributed by atoms with Gasteiger partial charge >= 0.3 is 0 Å². The molecule has 14 heavy (non-hydrogen) atoms. The molecular formula is C10H18NO2S-. The maximum atomic E-state index is 10.9. The fourth-order valence-electron chi connectivity index (χ4n) is 3.70. The van der Waals surface area contributed by atoms with Crippen LogP contribution in [0.3, 0.4) is 0 Å². The highest BCUT2D eigenvalue weighted by molar-refractivity contribution is 7.79. The first-order valence-corrected chi connectivity index (χ1v) is 6.46. The Labute approximate surface area is 87.7 Å². The maximum Gasteiger partial charge on any atom is 0.0178 e. The Morgan fingerprint density at radius 2 is 2.21 bits per heavy atom. The van der Waals surface area contributed by atoms with Crippen LogP contribution in [0.1, 0.15) is 33.1 Å². The van der Waals surface area contributed by atoms with Crippen LogP contribution in [0.25, 0.3) is 0 Å². The van der Waals surface area contributed by atoms with Gasteiger partial charge in [0.15, 0.2) is 0 Å². The Morgan fingerprint density at radius 3 is 2.57 bits per heavy atom. The van der Waals surface area contributed by atoms with Crippen LogP contribution < -0.4 is 5.73 Å². The van der Waals surface area contributed by atoms with Crippen molar-refractivity contribution in [3.63, 3.8) is 0 Å². The summed E-state index contributed by atoms with van der Waals surface area (Å²) in [6.07, 6.45) is 3.14. The van der Waals surface area contributed by atoms with Gasteiger partial charge in [-0.1, -0.05) is 24.9 Å². The predicted molar refractivity (Wildman–Crippen MR) is 55.3 cm³/mol. The second-order valence-corrected chi connectivity index (χ2v) is 6.30. The molecule has 2 aliphatic rings. The lowest BCUT2D eigenvalue weighted by Gasteiger charge is -2.41. The molecule has 2 bridgehead atoms. The maximum absolute atomic E-state index is 10.9. The van der Waals surface area contributed by atoms with Crippen molar-refractivity contribution in [3.05, 3.63) is 0 Å². The molecule has 0 aromatic carbocycles. The fraction of sp³-hybridized carbons (Fsp3) is 1.00.